The number of nitrogens with zero attached hydrogens (tertiary/aromatic N) is 1. The topological polar surface area (TPSA) is 171 Å². The van der Waals surface area contributed by atoms with E-state index in [9.17, 15) is 32.4 Å². The number of likely N-dealkylation sites (tertiary alicyclic amines) is 1. The van der Waals surface area contributed by atoms with Gasteiger partial charge in [0, 0.05) is 12.6 Å². The highest BCUT2D eigenvalue weighted by atomic mass is 32.2. The minimum Gasteiger partial charge on any atom is -0.347 e. The van der Waals surface area contributed by atoms with Gasteiger partial charge in [0.2, 0.25) is 17.6 Å². The molecule has 12 nitrogen and oxygen atoms in total. The van der Waals surface area contributed by atoms with Gasteiger partial charge in [0.05, 0.1) is 22.1 Å². The number of carbonyl (C=O) groups excluding carboxylic acids is 5. The molecule has 3 saturated carbocycles. The van der Waals surface area contributed by atoms with E-state index in [1.165, 1.54) is 4.90 Å². The SMILES string of the molecule is CC(C)[C@@H]1C[C@@H](C(=O)N[C@H](CCC2CC2)C(=O)C(=O)NC2CC2)N(C(=O)[C@@H](NC(=O)NC2(CS(=O)(=O)C(C)(C)C)CCCCC2)C(C)(C)C)C1. The Bertz CT molecular complexity index is 1390. The van der Waals surface area contributed by atoms with Crippen LogP contribution in [0, 0.1) is 23.2 Å². The van der Waals surface area contributed by atoms with Crippen LogP contribution in [0.25, 0.3) is 0 Å². The molecule has 4 atom stereocenters. The second kappa shape index (κ2) is 15.5. The molecule has 0 unspecified atom stereocenters. The molecule has 1 heterocycles. The van der Waals surface area contributed by atoms with Crippen LogP contribution in [0.5, 0.6) is 0 Å². The van der Waals surface area contributed by atoms with Gasteiger partial charge in [0.25, 0.3) is 5.91 Å². The third kappa shape index (κ3) is 10.4. The van der Waals surface area contributed by atoms with Gasteiger partial charge in [-0.2, -0.15) is 0 Å². The van der Waals surface area contributed by atoms with Crippen LogP contribution in [0.2, 0.25) is 0 Å². The Hall–Kier alpha value is -2.70. The van der Waals surface area contributed by atoms with Crippen molar-refractivity contribution in [3.8, 4) is 0 Å². The summed E-state index contributed by atoms with van der Waals surface area (Å²) in [6.07, 6.45) is 8.89. The molecule has 0 aromatic rings. The van der Waals surface area contributed by atoms with E-state index in [4.69, 9.17) is 0 Å². The number of ketones is 1. The van der Waals surface area contributed by atoms with Crippen LogP contribution in [0.3, 0.4) is 0 Å². The molecule has 4 fully saturated rings. The molecule has 3 aliphatic carbocycles. The standard InChI is InChI=1S/C37H63N5O7S/c1-23(2)25-20-28(31(44)39-27(17-14-24-12-13-24)29(43)32(45)38-26-15-16-26)42(21-25)33(46)30(35(3,4)5)40-34(47)41-37(18-10-9-11-19-37)22-50(48,49)36(6,7)8/h23-28,30H,9-22H2,1-8H3,(H,38,45)(H,39,44)(H2,40,41,47)/t25-,27-,28+,30-/m1/s1. The Morgan fingerprint density at radius 1 is 0.880 bits per heavy atom. The summed E-state index contributed by atoms with van der Waals surface area (Å²) in [6, 6.07) is -3.49. The lowest BCUT2D eigenvalue weighted by Crippen LogP contribution is -2.63. The van der Waals surface area contributed by atoms with Gasteiger partial charge in [0.15, 0.2) is 9.84 Å². The average molecular weight is 722 g/mol. The molecule has 284 valence electrons. The maximum atomic E-state index is 14.5. The number of hydrogen-bond donors (Lipinski definition) is 4. The van der Waals surface area contributed by atoms with Gasteiger partial charge < -0.3 is 26.2 Å². The average Bonchev–Trinajstić information content (AvgIpc) is 3.94. The number of rotatable bonds is 14. The van der Waals surface area contributed by atoms with Crippen LogP contribution < -0.4 is 21.3 Å². The van der Waals surface area contributed by atoms with Crippen molar-refractivity contribution in [2.24, 2.45) is 23.2 Å². The molecule has 1 saturated heterocycles. The van der Waals surface area contributed by atoms with Crippen molar-refractivity contribution >= 4 is 39.4 Å². The van der Waals surface area contributed by atoms with Gasteiger partial charge in [-0.25, -0.2) is 13.2 Å². The minimum absolute atomic E-state index is 0.0101. The summed E-state index contributed by atoms with van der Waals surface area (Å²) in [4.78, 5) is 69.8. The highest BCUT2D eigenvalue weighted by Gasteiger charge is 2.48. The normalized spacial score (nSPS) is 23.9. The summed E-state index contributed by atoms with van der Waals surface area (Å²) < 4.78 is 25.7. The zero-order valence-corrected chi connectivity index (χ0v) is 32.5. The molecule has 1 aliphatic heterocycles. The molecule has 0 spiro atoms. The maximum Gasteiger partial charge on any atom is 0.315 e. The second-order valence-corrected chi connectivity index (χ2v) is 20.8. The van der Waals surface area contributed by atoms with Crippen molar-refractivity contribution in [3.63, 3.8) is 0 Å². The predicted octanol–water partition coefficient (Wildman–Crippen LogP) is 4.01. The summed E-state index contributed by atoms with van der Waals surface area (Å²) >= 11 is 0. The Labute approximate surface area is 299 Å². The van der Waals surface area contributed by atoms with Crippen molar-refractivity contribution in [2.75, 3.05) is 12.3 Å². The van der Waals surface area contributed by atoms with Crippen molar-refractivity contribution in [3.05, 3.63) is 0 Å². The van der Waals surface area contributed by atoms with Crippen LogP contribution >= 0.6 is 0 Å². The van der Waals surface area contributed by atoms with Crippen LogP contribution in [-0.4, -0.2) is 89.6 Å². The van der Waals surface area contributed by atoms with E-state index in [-0.39, 0.29) is 23.6 Å². The first-order valence-corrected chi connectivity index (χ1v) is 20.5. The quantitative estimate of drug-likeness (QED) is 0.196. The molecule has 4 aliphatic rings. The molecule has 50 heavy (non-hydrogen) atoms. The third-order valence-corrected chi connectivity index (χ3v) is 14.0. The highest BCUT2D eigenvalue weighted by Crippen LogP contribution is 2.36. The smallest absolute Gasteiger partial charge is 0.315 e. The number of carbonyl (C=O) groups is 5. The summed E-state index contributed by atoms with van der Waals surface area (Å²) in [5, 5.41) is 11.5. The monoisotopic (exact) mass is 721 g/mol. The number of amides is 5. The lowest BCUT2D eigenvalue weighted by atomic mass is 9.83. The van der Waals surface area contributed by atoms with E-state index >= 15 is 0 Å². The molecule has 0 radical (unpaired) electrons. The van der Waals surface area contributed by atoms with Crippen LogP contribution in [0.15, 0.2) is 0 Å². The van der Waals surface area contributed by atoms with Crippen molar-refractivity contribution < 1.29 is 32.4 Å². The summed E-state index contributed by atoms with van der Waals surface area (Å²) in [5.41, 5.74) is -1.71. The molecule has 4 N–H and O–H groups in total. The number of nitrogens with one attached hydrogen (secondary N) is 4. The number of urea groups is 1. The van der Waals surface area contributed by atoms with E-state index in [2.05, 4.69) is 21.3 Å². The first kappa shape index (κ1) is 40.1. The van der Waals surface area contributed by atoms with Gasteiger partial charge in [-0.05, 0) is 88.9 Å². The van der Waals surface area contributed by atoms with Crippen LogP contribution in [0.4, 0.5) is 4.79 Å². The van der Waals surface area contributed by atoms with Gasteiger partial charge in [-0.1, -0.05) is 66.7 Å². The van der Waals surface area contributed by atoms with E-state index in [0.717, 1.165) is 51.4 Å². The summed E-state index contributed by atoms with van der Waals surface area (Å²) in [7, 11) is -3.56. The van der Waals surface area contributed by atoms with E-state index in [1.54, 1.807) is 20.8 Å². The molecular weight excluding hydrogens is 659 g/mol. The zero-order valence-electron chi connectivity index (χ0n) is 31.7. The fraction of sp³-hybridized carbons (Fsp3) is 0.865. The van der Waals surface area contributed by atoms with E-state index in [0.29, 0.717) is 38.1 Å². The molecular formula is C37H63N5O7S. The fourth-order valence-electron chi connectivity index (χ4n) is 7.17. The largest absolute Gasteiger partial charge is 0.347 e. The number of sulfone groups is 1. The Kier molecular flexibility index (Phi) is 12.4. The third-order valence-electron chi connectivity index (χ3n) is 11.2. The number of Topliss-reactive ketones (excluding diaryl/α,β-unsaturated/α-hetero) is 1. The zero-order chi connectivity index (χ0) is 37.2. The fourth-order valence-corrected chi connectivity index (χ4v) is 8.69. The molecule has 0 aromatic heterocycles. The van der Waals surface area contributed by atoms with Crippen molar-refractivity contribution in [1.29, 1.82) is 0 Å². The lowest BCUT2D eigenvalue weighted by molar-refractivity contribution is -0.144. The first-order valence-electron chi connectivity index (χ1n) is 18.9. The Balaban J connectivity index is 1.53. The molecule has 4 rings (SSSR count). The minimum atomic E-state index is -3.56. The Morgan fingerprint density at radius 3 is 2.02 bits per heavy atom. The molecule has 0 bridgehead atoms. The number of hydrogen-bond acceptors (Lipinski definition) is 7. The molecule has 0 aromatic carbocycles. The van der Waals surface area contributed by atoms with Crippen molar-refractivity contribution in [2.45, 2.75) is 167 Å². The van der Waals surface area contributed by atoms with E-state index < -0.39 is 73.2 Å². The Morgan fingerprint density at radius 2 is 1.50 bits per heavy atom. The van der Waals surface area contributed by atoms with Crippen LogP contribution in [-0.2, 0) is 29.0 Å². The summed E-state index contributed by atoms with van der Waals surface area (Å²) in [6.45, 7) is 14.9. The highest BCUT2D eigenvalue weighted by molar-refractivity contribution is 7.92. The molecule has 5 amide bonds. The maximum absolute atomic E-state index is 14.5. The van der Waals surface area contributed by atoms with Gasteiger partial charge in [0.1, 0.15) is 12.1 Å². The van der Waals surface area contributed by atoms with Crippen molar-refractivity contribution in [1.82, 2.24) is 26.2 Å². The summed E-state index contributed by atoms with van der Waals surface area (Å²) in [5.74, 6) is -1.73. The van der Waals surface area contributed by atoms with Gasteiger partial charge in [-0.3, -0.25) is 19.2 Å². The van der Waals surface area contributed by atoms with Gasteiger partial charge >= 0.3 is 6.03 Å². The predicted molar refractivity (Wildman–Crippen MR) is 193 cm³/mol. The second-order valence-electron chi connectivity index (χ2n) is 18.1. The van der Waals surface area contributed by atoms with Crippen LogP contribution in [0.1, 0.15) is 132 Å². The molecule has 13 heteroatoms. The van der Waals surface area contributed by atoms with E-state index in [1.807, 2.05) is 34.6 Å². The van der Waals surface area contributed by atoms with Gasteiger partial charge in [-0.15, -0.1) is 0 Å². The lowest BCUT2D eigenvalue weighted by Gasteiger charge is -2.41. The first-order chi connectivity index (χ1) is 23.1.